The largest absolute Gasteiger partial charge is 0.493 e. The van der Waals surface area contributed by atoms with Crippen molar-refractivity contribution in [2.75, 3.05) is 40.2 Å². The third kappa shape index (κ3) is 5.03. The van der Waals surface area contributed by atoms with Crippen LogP contribution >= 0.6 is 11.6 Å². The Bertz CT molecular complexity index is 753. The highest BCUT2D eigenvalue weighted by atomic mass is 35.5. The lowest BCUT2D eigenvalue weighted by Crippen LogP contribution is -2.37. The molecular weight excluding hydrogens is 354 g/mol. The molecule has 0 aliphatic carbocycles. The van der Waals surface area contributed by atoms with Crippen LogP contribution in [0.25, 0.3) is 0 Å². The van der Waals surface area contributed by atoms with Crippen molar-refractivity contribution in [2.24, 2.45) is 0 Å². The molecule has 0 saturated heterocycles. The van der Waals surface area contributed by atoms with E-state index in [0.29, 0.717) is 28.8 Å². The lowest BCUT2D eigenvalue weighted by molar-refractivity contribution is 0.243. The SMILES string of the molecule is COc1ccc(NC(=O)NC[C@H](c2ccccc2Cl)N(C)C)cc1OC. The number of rotatable bonds is 7. The molecule has 0 bridgehead atoms. The van der Waals surface area contributed by atoms with Gasteiger partial charge in [-0.15, -0.1) is 0 Å². The highest BCUT2D eigenvalue weighted by Crippen LogP contribution is 2.30. The van der Waals surface area contributed by atoms with E-state index in [4.69, 9.17) is 21.1 Å². The minimum atomic E-state index is -0.309. The van der Waals surface area contributed by atoms with Gasteiger partial charge in [-0.1, -0.05) is 29.8 Å². The number of likely N-dealkylation sites (N-methyl/N-ethyl adjacent to an activating group) is 1. The lowest BCUT2D eigenvalue weighted by Gasteiger charge is -2.26. The molecule has 0 aliphatic heterocycles. The number of halogens is 1. The summed E-state index contributed by atoms with van der Waals surface area (Å²) in [6.45, 7) is 0.413. The van der Waals surface area contributed by atoms with Gasteiger partial charge in [0, 0.05) is 23.3 Å². The van der Waals surface area contributed by atoms with Crippen LogP contribution in [0.4, 0.5) is 10.5 Å². The maximum Gasteiger partial charge on any atom is 0.319 e. The Morgan fingerprint density at radius 3 is 2.42 bits per heavy atom. The van der Waals surface area contributed by atoms with Crippen molar-refractivity contribution in [2.45, 2.75) is 6.04 Å². The molecule has 2 aromatic rings. The molecule has 26 heavy (non-hydrogen) atoms. The number of carbonyl (C=O) groups is 1. The van der Waals surface area contributed by atoms with Crippen molar-refractivity contribution < 1.29 is 14.3 Å². The van der Waals surface area contributed by atoms with Crippen LogP contribution < -0.4 is 20.1 Å². The Kier molecular flexibility index (Phi) is 7.12. The second-order valence-corrected chi connectivity index (χ2v) is 6.31. The number of urea groups is 1. The minimum Gasteiger partial charge on any atom is -0.493 e. The topological polar surface area (TPSA) is 62.8 Å². The molecular formula is C19H24ClN3O3. The van der Waals surface area contributed by atoms with Gasteiger partial charge in [0.1, 0.15) is 0 Å². The molecule has 2 amide bonds. The molecule has 0 aromatic heterocycles. The molecule has 6 nitrogen and oxygen atoms in total. The van der Waals surface area contributed by atoms with Gasteiger partial charge in [-0.2, -0.15) is 0 Å². The van der Waals surface area contributed by atoms with Crippen LogP contribution in [0.15, 0.2) is 42.5 Å². The number of methoxy groups -OCH3 is 2. The summed E-state index contributed by atoms with van der Waals surface area (Å²) in [6, 6.07) is 12.5. The summed E-state index contributed by atoms with van der Waals surface area (Å²) in [4.78, 5) is 14.3. The highest BCUT2D eigenvalue weighted by molar-refractivity contribution is 6.31. The molecule has 0 saturated carbocycles. The second-order valence-electron chi connectivity index (χ2n) is 5.91. The van der Waals surface area contributed by atoms with Gasteiger partial charge in [-0.25, -0.2) is 4.79 Å². The molecule has 0 heterocycles. The summed E-state index contributed by atoms with van der Waals surface area (Å²) in [5.41, 5.74) is 1.57. The summed E-state index contributed by atoms with van der Waals surface area (Å²) in [5.74, 6) is 1.15. The number of nitrogens with one attached hydrogen (secondary N) is 2. The van der Waals surface area contributed by atoms with Crippen molar-refractivity contribution in [3.05, 3.63) is 53.1 Å². The summed E-state index contributed by atoms with van der Waals surface area (Å²) >= 11 is 6.29. The smallest absolute Gasteiger partial charge is 0.319 e. The first-order chi connectivity index (χ1) is 12.5. The molecule has 1 atom stereocenters. The number of hydrogen-bond donors (Lipinski definition) is 2. The standard InChI is InChI=1S/C19H24ClN3O3/c1-23(2)16(14-7-5-6-8-15(14)20)12-21-19(24)22-13-9-10-17(25-3)18(11-13)26-4/h5-11,16H,12H2,1-4H3,(H2,21,22,24)/t16-/m1/s1. The van der Waals surface area contributed by atoms with Crippen molar-refractivity contribution in [3.63, 3.8) is 0 Å². The summed E-state index contributed by atoms with van der Waals surface area (Å²) in [7, 11) is 7.00. The van der Waals surface area contributed by atoms with E-state index < -0.39 is 0 Å². The van der Waals surface area contributed by atoms with Gasteiger partial charge in [0.25, 0.3) is 0 Å². The first-order valence-corrected chi connectivity index (χ1v) is 8.51. The first kappa shape index (κ1) is 19.9. The van der Waals surface area contributed by atoms with Gasteiger partial charge in [0.15, 0.2) is 11.5 Å². The molecule has 2 aromatic carbocycles. The maximum atomic E-state index is 12.3. The summed E-state index contributed by atoms with van der Waals surface area (Å²) < 4.78 is 10.4. The number of ether oxygens (including phenoxy) is 2. The Morgan fingerprint density at radius 1 is 1.12 bits per heavy atom. The fraction of sp³-hybridized carbons (Fsp3) is 0.316. The average molecular weight is 378 g/mol. The summed E-state index contributed by atoms with van der Waals surface area (Å²) in [6.07, 6.45) is 0. The van der Waals surface area contributed by atoms with Crippen molar-refractivity contribution >= 4 is 23.3 Å². The zero-order valence-corrected chi connectivity index (χ0v) is 16.1. The fourth-order valence-corrected chi connectivity index (χ4v) is 2.86. The maximum absolute atomic E-state index is 12.3. The van der Waals surface area contributed by atoms with E-state index in [2.05, 4.69) is 10.6 Å². The molecule has 0 unspecified atom stereocenters. The quantitative estimate of drug-likeness (QED) is 0.770. The van der Waals surface area contributed by atoms with E-state index in [-0.39, 0.29) is 12.1 Å². The van der Waals surface area contributed by atoms with Crippen LogP contribution in [-0.4, -0.2) is 45.8 Å². The first-order valence-electron chi connectivity index (χ1n) is 8.14. The third-order valence-corrected chi connectivity index (χ3v) is 4.33. The molecule has 0 spiro atoms. The number of amides is 2. The van der Waals surface area contributed by atoms with E-state index in [1.165, 1.54) is 0 Å². The molecule has 2 N–H and O–H groups in total. The molecule has 140 valence electrons. The van der Waals surface area contributed by atoms with Gasteiger partial charge in [0.2, 0.25) is 0 Å². The van der Waals surface area contributed by atoms with Crippen LogP contribution in [0.2, 0.25) is 5.02 Å². The van der Waals surface area contributed by atoms with Crippen molar-refractivity contribution in [1.82, 2.24) is 10.2 Å². The highest BCUT2D eigenvalue weighted by Gasteiger charge is 2.18. The number of hydrogen-bond acceptors (Lipinski definition) is 4. The zero-order chi connectivity index (χ0) is 19.1. The summed E-state index contributed by atoms with van der Waals surface area (Å²) in [5, 5.41) is 6.35. The molecule has 0 radical (unpaired) electrons. The minimum absolute atomic E-state index is 0.0418. The van der Waals surface area contributed by atoms with E-state index in [0.717, 1.165) is 5.56 Å². The predicted molar refractivity (Wildman–Crippen MR) is 104 cm³/mol. The van der Waals surface area contributed by atoms with Gasteiger partial charge in [0.05, 0.1) is 20.3 Å². The van der Waals surface area contributed by atoms with E-state index >= 15 is 0 Å². The molecule has 0 fully saturated rings. The van der Waals surface area contributed by atoms with Crippen LogP contribution in [0, 0.1) is 0 Å². The number of nitrogens with zero attached hydrogens (tertiary/aromatic N) is 1. The van der Waals surface area contributed by atoms with Gasteiger partial charge in [-0.3, -0.25) is 0 Å². The van der Waals surface area contributed by atoms with Crippen molar-refractivity contribution in [3.8, 4) is 11.5 Å². The lowest BCUT2D eigenvalue weighted by atomic mass is 10.1. The number of anilines is 1. The fourth-order valence-electron chi connectivity index (χ4n) is 2.59. The van der Waals surface area contributed by atoms with E-state index in [1.807, 2.05) is 43.3 Å². The van der Waals surface area contributed by atoms with E-state index in [1.54, 1.807) is 32.4 Å². The normalized spacial score (nSPS) is 11.8. The van der Waals surface area contributed by atoms with Crippen LogP contribution in [0.1, 0.15) is 11.6 Å². The van der Waals surface area contributed by atoms with Crippen LogP contribution in [0.5, 0.6) is 11.5 Å². The van der Waals surface area contributed by atoms with Crippen LogP contribution in [-0.2, 0) is 0 Å². The van der Waals surface area contributed by atoms with Gasteiger partial charge >= 0.3 is 6.03 Å². The Morgan fingerprint density at radius 2 is 1.81 bits per heavy atom. The monoisotopic (exact) mass is 377 g/mol. The Labute approximate surface area is 159 Å². The Hall–Kier alpha value is -2.44. The number of benzene rings is 2. The third-order valence-electron chi connectivity index (χ3n) is 3.98. The average Bonchev–Trinajstić information content (AvgIpc) is 2.62. The van der Waals surface area contributed by atoms with Gasteiger partial charge < -0.3 is 25.0 Å². The zero-order valence-electron chi connectivity index (χ0n) is 15.4. The van der Waals surface area contributed by atoms with Crippen molar-refractivity contribution in [1.29, 1.82) is 0 Å². The molecule has 2 rings (SSSR count). The molecule has 0 aliphatic rings. The molecule has 7 heteroatoms. The van der Waals surface area contributed by atoms with Gasteiger partial charge in [-0.05, 0) is 37.9 Å². The Balaban J connectivity index is 2.02. The van der Waals surface area contributed by atoms with E-state index in [9.17, 15) is 4.79 Å². The second kappa shape index (κ2) is 9.31. The predicted octanol–water partition coefficient (Wildman–Crippen LogP) is 3.78. The number of carbonyl (C=O) groups excluding carboxylic acids is 1. The van der Waals surface area contributed by atoms with Crippen LogP contribution in [0.3, 0.4) is 0 Å².